The van der Waals surface area contributed by atoms with Gasteiger partial charge in [-0.05, 0) is 25.1 Å². The van der Waals surface area contributed by atoms with Crippen LogP contribution in [0, 0.1) is 0 Å². The number of esters is 1. The van der Waals surface area contributed by atoms with Crippen molar-refractivity contribution in [1.82, 2.24) is 9.55 Å². The molecule has 2 aromatic rings. The highest BCUT2D eigenvalue weighted by atomic mass is 35.5. The number of hydrogen-bond donors (Lipinski definition) is 0. The monoisotopic (exact) mass is 238 g/mol. The van der Waals surface area contributed by atoms with Gasteiger partial charge in [0.15, 0.2) is 0 Å². The van der Waals surface area contributed by atoms with Crippen LogP contribution in [0.15, 0.2) is 18.2 Å². The predicted molar refractivity (Wildman–Crippen MR) is 61.8 cm³/mol. The highest BCUT2D eigenvalue weighted by molar-refractivity contribution is 6.31. The first-order chi connectivity index (χ1) is 7.67. The molecule has 1 heterocycles. The smallest absolute Gasteiger partial charge is 0.374 e. The summed E-state index contributed by atoms with van der Waals surface area (Å²) in [5.74, 6) is -0.128. The maximum atomic E-state index is 11.5. The Kier molecular flexibility index (Phi) is 2.83. The molecule has 84 valence electrons. The quantitative estimate of drug-likeness (QED) is 0.755. The molecule has 16 heavy (non-hydrogen) atoms. The van der Waals surface area contributed by atoms with Crippen molar-refractivity contribution in [2.75, 3.05) is 7.11 Å². The van der Waals surface area contributed by atoms with Gasteiger partial charge in [0.05, 0.1) is 18.1 Å². The molecule has 2 rings (SSSR count). The number of carbonyl (C=O) groups is 1. The molecule has 0 saturated carbocycles. The van der Waals surface area contributed by atoms with Crippen LogP contribution in [0.2, 0.25) is 5.02 Å². The molecule has 1 aromatic carbocycles. The molecule has 0 amide bonds. The number of halogens is 1. The number of fused-ring (bicyclic) bond motifs is 1. The fourth-order valence-corrected chi connectivity index (χ4v) is 1.83. The third-order valence-electron chi connectivity index (χ3n) is 2.39. The number of nitrogens with zero attached hydrogens (tertiary/aromatic N) is 2. The fraction of sp³-hybridized carbons (Fsp3) is 0.273. The van der Waals surface area contributed by atoms with Gasteiger partial charge in [-0.1, -0.05) is 11.6 Å². The van der Waals surface area contributed by atoms with Gasteiger partial charge in [-0.25, -0.2) is 9.78 Å². The minimum atomic E-state index is -0.436. The van der Waals surface area contributed by atoms with E-state index < -0.39 is 5.97 Å². The molecule has 0 atom stereocenters. The number of ether oxygens (including phenoxy) is 1. The largest absolute Gasteiger partial charge is 0.463 e. The summed E-state index contributed by atoms with van der Waals surface area (Å²) in [5, 5.41) is 0.624. The highest BCUT2D eigenvalue weighted by Crippen LogP contribution is 2.21. The minimum Gasteiger partial charge on any atom is -0.463 e. The van der Waals surface area contributed by atoms with E-state index in [9.17, 15) is 4.79 Å². The minimum absolute atomic E-state index is 0.308. The van der Waals surface area contributed by atoms with E-state index >= 15 is 0 Å². The molecule has 0 bridgehead atoms. The number of carbonyl (C=O) groups excluding carboxylic acids is 1. The van der Waals surface area contributed by atoms with E-state index in [1.54, 1.807) is 22.8 Å². The highest BCUT2D eigenvalue weighted by Gasteiger charge is 2.16. The number of methoxy groups -OCH3 is 1. The SMILES string of the molecule is CCn1c(C(=O)OC)nc2ccc(Cl)cc21. The molecule has 0 radical (unpaired) electrons. The Bertz CT molecular complexity index is 548. The fourth-order valence-electron chi connectivity index (χ4n) is 1.66. The lowest BCUT2D eigenvalue weighted by molar-refractivity contribution is 0.0582. The van der Waals surface area contributed by atoms with Crippen molar-refractivity contribution in [3.63, 3.8) is 0 Å². The zero-order valence-electron chi connectivity index (χ0n) is 9.03. The number of aryl methyl sites for hydroxylation is 1. The van der Waals surface area contributed by atoms with Crippen LogP contribution in [0.5, 0.6) is 0 Å². The molecule has 0 unspecified atom stereocenters. The van der Waals surface area contributed by atoms with Gasteiger partial charge in [0, 0.05) is 11.6 Å². The third kappa shape index (κ3) is 1.65. The first-order valence-electron chi connectivity index (χ1n) is 4.91. The van der Waals surface area contributed by atoms with Crippen LogP contribution >= 0.6 is 11.6 Å². The number of aromatic nitrogens is 2. The van der Waals surface area contributed by atoms with Gasteiger partial charge in [-0.15, -0.1) is 0 Å². The lowest BCUT2D eigenvalue weighted by Crippen LogP contribution is -2.10. The summed E-state index contributed by atoms with van der Waals surface area (Å²) in [6.45, 7) is 2.58. The lowest BCUT2D eigenvalue weighted by atomic mass is 10.3. The van der Waals surface area contributed by atoms with E-state index in [0.29, 0.717) is 17.4 Å². The number of rotatable bonds is 2. The standard InChI is InChI=1S/C11H11ClN2O2/c1-3-14-9-6-7(12)4-5-8(9)13-10(14)11(15)16-2/h4-6H,3H2,1-2H3. The van der Waals surface area contributed by atoms with Gasteiger partial charge in [0.25, 0.3) is 0 Å². The molecule has 0 aliphatic carbocycles. The summed E-state index contributed by atoms with van der Waals surface area (Å²) in [5.41, 5.74) is 1.59. The molecule has 0 N–H and O–H groups in total. The van der Waals surface area contributed by atoms with Crippen molar-refractivity contribution >= 4 is 28.6 Å². The molecule has 5 heteroatoms. The van der Waals surface area contributed by atoms with Gasteiger partial charge >= 0.3 is 5.97 Å². The summed E-state index contributed by atoms with van der Waals surface area (Å²) < 4.78 is 6.47. The summed E-state index contributed by atoms with van der Waals surface area (Å²) >= 11 is 5.91. The summed E-state index contributed by atoms with van der Waals surface area (Å²) in [6.07, 6.45) is 0. The molecule has 4 nitrogen and oxygen atoms in total. The van der Waals surface area contributed by atoms with E-state index in [4.69, 9.17) is 11.6 Å². The topological polar surface area (TPSA) is 44.1 Å². The molecular formula is C11H11ClN2O2. The second-order valence-corrected chi connectivity index (χ2v) is 3.74. The van der Waals surface area contributed by atoms with Gasteiger partial charge in [0.2, 0.25) is 5.82 Å². The first kappa shape index (κ1) is 11.0. The van der Waals surface area contributed by atoms with Crippen molar-refractivity contribution in [2.24, 2.45) is 0 Å². The van der Waals surface area contributed by atoms with Crippen LogP contribution in [-0.2, 0) is 11.3 Å². The van der Waals surface area contributed by atoms with E-state index in [2.05, 4.69) is 9.72 Å². The van der Waals surface area contributed by atoms with Crippen molar-refractivity contribution in [3.05, 3.63) is 29.0 Å². The van der Waals surface area contributed by atoms with Gasteiger partial charge in [0.1, 0.15) is 0 Å². The normalized spacial score (nSPS) is 10.7. The molecule has 0 aliphatic heterocycles. The van der Waals surface area contributed by atoms with E-state index in [0.717, 1.165) is 11.0 Å². The van der Waals surface area contributed by atoms with Gasteiger partial charge < -0.3 is 9.30 Å². The van der Waals surface area contributed by atoms with E-state index in [1.165, 1.54) is 7.11 Å². The summed E-state index contributed by atoms with van der Waals surface area (Å²) in [7, 11) is 1.34. The molecule has 0 fully saturated rings. The zero-order chi connectivity index (χ0) is 11.7. The maximum Gasteiger partial charge on any atom is 0.374 e. The Labute approximate surface area is 97.8 Å². The van der Waals surface area contributed by atoms with Crippen molar-refractivity contribution < 1.29 is 9.53 Å². The number of imidazole rings is 1. The Morgan fingerprint density at radius 1 is 1.56 bits per heavy atom. The Morgan fingerprint density at radius 2 is 2.31 bits per heavy atom. The lowest BCUT2D eigenvalue weighted by Gasteiger charge is -2.03. The second-order valence-electron chi connectivity index (χ2n) is 3.30. The molecule has 0 aliphatic rings. The van der Waals surface area contributed by atoms with Crippen molar-refractivity contribution in [1.29, 1.82) is 0 Å². The maximum absolute atomic E-state index is 11.5. The Hall–Kier alpha value is -1.55. The molecule has 1 aromatic heterocycles. The Balaban J connectivity index is 2.71. The average molecular weight is 239 g/mol. The summed E-state index contributed by atoms with van der Waals surface area (Å²) in [4.78, 5) is 15.7. The van der Waals surface area contributed by atoms with Crippen LogP contribution in [0.25, 0.3) is 11.0 Å². The first-order valence-corrected chi connectivity index (χ1v) is 5.29. The zero-order valence-corrected chi connectivity index (χ0v) is 9.78. The van der Waals surface area contributed by atoms with E-state index in [1.807, 2.05) is 6.92 Å². The van der Waals surface area contributed by atoms with Gasteiger partial charge in [-0.3, -0.25) is 0 Å². The van der Waals surface area contributed by atoms with E-state index in [-0.39, 0.29) is 0 Å². The molecule has 0 saturated heterocycles. The molecule has 0 spiro atoms. The van der Waals surface area contributed by atoms with Crippen LogP contribution in [-0.4, -0.2) is 22.6 Å². The predicted octanol–water partition coefficient (Wildman–Crippen LogP) is 2.50. The van der Waals surface area contributed by atoms with Crippen LogP contribution < -0.4 is 0 Å². The van der Waals surface area contributed by atoms with Crippen LogP contribution in [0.1, 0.15) is 17.5 Å². The van der Waals surface area contributed by atoms with Crippen LogP contribution in [0.3, 0.4) is 0 Å². The molecular weight excluding hydrogens is 228 g/mol. The third-order valence-corrected chi connectivity index (χ3v) is 2.63. The van der Waals surface area contributed by atoms with Crippen molar-refractivity contribution in [2.45, 2.75) is 13.5 Å². The Morgan fingerprint density at radius 3 is 2.94 bits per heavy atom. The number of benzene rings is 1. The number of hydrogen-bond acceptors (Lipinski definition) is 3. The second kappa shape index (κ2) is 4.14. The summed E-state index contributed by atoms with van der Waals surface area (Å²) in [6, 6.07) is 5.33. The van der Waals surface area contributed by atoms with Crippen LogP contribution in [0.4, 0.5) is 0 Å². The van der Waals surface area contributed by atoms with Crippen molar-refractivity contribution in [3.8, 4) is 0 Å². The van der Waals surface area contributed by atoms with Gasteiger partial charge in [-0.2, -0.15) is 0 Å². The average Bonchev–Trinajstić information content (AvgIpc) is 2.65.